The number of carboxylic acids is 1. The molecular formula is C21H31NO4. The first kappa shape index (κ1) is 19.0. The second-order valence-electron chi connectivity index (χ2n) is 7.69. The van der Waals surface area contributed by atoms with Crippen LogP contribution in [0.5, 0.6) is 11.5 Å². The Kier molecular flexibility index (Phi) is 6.07. The van der Waals surface area contributed by atoms with Crippen LogP contribution in [0.4, 0.5) is 0 Å². The van der Waals surface area contributed by atoms with E-state index in [1.165, 1.54) is 0 Å². The fourth-order valence-corrected chi connectivity index (χ4v) is 4.43. The number of hydrogen-bond donors (Lipinski definition) is 1. The summed E-state index contributed by atoms with van der Waals surface area (Å²) in [6.45, 7) is 7.80. The van der Waals surface area contributed by atoms with Crippen molar-refractivity contribution < 1.29 is 19.4 Å². The van der Waals surface area contributed by atoms with Crippen LogP contribution in [-0.4, -0.2) is 42.3 Å². The molecule has 1 aliphatic heterocycles. The van der Waals surface area contributed by atoms with Gasteiger partial charge in [0.05, 0.1) is 18.6 Å². The largest absolute Gasteiger partial charge is 0.493 e. The van der Waals surface area contributed by atoms with Gasteiger partial charge in [-0.1, -0.05) is 26.3 Å². The average Bonchev–Trinajstić information content (AvgIpc) is 3.17. The van der Waals surface area contributed by atoms with E-state index < -0.39 is 11.4 Å². The number of likely N-dealkylation sites (tertiary alicyclic amines) is 1. The highest BCUT2D eigenvalue weighted by Crippen LogP contribution is 2.49. The molecule has 26 heavy (non-hydrogen) atoms. The molecular weight excluding hydrogens is 330 g/mol. The van der Waals surface area contributed by atoms with Crippen molar-refractivity contribution in [3.8, 4) is 11.5 Å². The molecule has 1 N–H and O–H groups in total. The van der Waals surface area contributed by atoms with Gasteiger partial charge in [-0.25, -0.2) is 0 Å². The van der Waals surface area contributed by atoms with Crippen molar-refractivity contribution in [3.63, 3.8) is 0 Å². The molecule has 1 aliphatic carbocycles. The van der Waals surface area contributed by atoms with Crippen molar-refractivity contribution in [1.29, 1.82) is 0 Å². The average molecular weight is 361 g/mol. The zero-order chi connectivity index (χ0) is 18.6. The van der Waals surface area contributed by atoms with Gasteiger partial charge >= 0.3 is 5.97 Å². The lowest BCUT2D eigenvalue weighted by molar-refractivity contribution is -0.149. The first-order chi connectivity index (χ1) is 12.6. The van der Waals surface area contributed by atoms with Crippen LogP contribution in [0.25, 0.3) is 0 Å². The fourth-order valence-electron chi connectivity index (χ4n) is 4.43. The van der Waals surface area contributed by atoms with E-state index in [1.54, 1.807) is 0 Å². The molecule has 0 amide bonds. The Labute approximate surface area is 156 Å². The van der Waals surface area contributed by atoms with Crippen molar-refractivity contribution in [1.82, 2.24) is 4.90 Å². The van der Waals surface area contributed by atoms with Gasteiger partial charge in [0.15, 0.2) is 0 Å². The van der Waals surface area contributed by atoms with E-state index in [4.69, 9.17) is 9.47 Å². The normalized spacial score (nSPS) is 25.2. The summed E-state index contributed by atoms with van der Waals surface area (Å²) < 4.78 is 11.7. The molecule has 0 spiro atoms. The zero-order valence-electron chi connectivity index (χ0n) is 16.0. The summed E-state index contributed by atoms with van der Waals surface area (Å²) in [5.41, 5.74) is 0.581. The number of hydrogen-bond acceptors (Lipinski definition) is 4. The van der Waals surface area contributed by atoms with Crippen molar-refractivity contribution >= 4 is 5.97 Å². The van der Waals surface area contributed by atoms with Gasteiger partial charge in [0, 0.05) is 31.3 Å². The molecule has 1 saturated heterocycles. The molecule has 0 unspecified atom stereocenters. The first-order valence-corrected chi connectivity index (χ1v) is 9.93. The van der Waals surface area contributed by atoms with Crippen molar-refractivity contribution in [2.45, 2.75) is 52.5 Å². The zero-order valence-corrected chi connectivity index (χ0v) is 16.0. The number of carboxylic acid groups (broad SMARTS) is 1. The Morgan fingerprint density at radius 2 is 2.04 bits per heavy atom. The molecule has 0 radical (unpaired) electrons. The van der Waals surface area contributed by atoms with E-state index in [9.17, 15) is 9.90 Å². The highest BCUT2D eigenvalue weighted by atomic mass is 16.5. The van der Waals surface area contributed by atoms with E-state index in [0.717, 1.165) is 62.3 Å². The molecule has 0 bridgehead atoms. The van der Waals surface area contributed by atoms with E-state index in [2.05, 4.69) is 24.8 Å². The van der Waals surface area contributed by atoms with Gasteiger partial charge in [-0.3, -0.25) is 9.69 Å². The Bertz CT molecular complexity index is 632. The lowest BCUT2D eigenvalue weighted by Gasteiger charge is -2.24. The summed E-state index contributed by atoms with van der Waals surface area (Å²) in [5.74, 6) is 1.37. The predicted molar refractivity (Wildman–Crippen MR) is 101 cm³/mol. The molecule has 1 heterocycles. The lowest BCUT2D eigenvalue weighted by Crippen LogP contribution is -2.35. The summed E-state index contributed by atoms with van der Waals surface area (Å²) in [7, 11) is 0. The molecule has 144 valence electrons. The molecule has 2 aliphatic rings. The summed E-state index contributed by atoms with van der Waals surface area (Å²) in [6.07, 6.45) is 4.81. The molecule has 5 nitrogen and oxygen atoms in total. The third-order valence-corrected chi connectivity index (χ3v) is 5.73. The van der Waals surface area contributed by atoms with Crippen molar-refractivity contribution in [2.75, 3.05) is 26.3 Å². The van der Waals surface area contributed by atoms with Crippen LogP contribution >= 0.6 is 0 Å². The number of aliphatic carboxylic acids is 1. The lowest BCUT2D eigenvalue weighted by atomic mass is 9.81. The highest BCUT2D eigenvalue weighted by molar-refractivity contribution is 5.76. The number of rotatable bonds is 9. The van der Waals surface area contributed by atoms with E-state index >= 15 is 0 Å². The number of ether oxygens (including phenoxy) is 2. The van der Waals surface area contributed by atoms with Gasteiger partial charge in [0.2, 0.25) is 0 Å². The van der Waals surface area contributed by atoms with Gasteiger partial charge < -0.3 is 14.6 Å². The number of fused-ring (bicyclic) bond motifs is 1. The minimum atomic E-state index is -0.617. The standard InChI is InChI=1S/C21H31NO4/c1-3-10-25-18-8-7-16(19(12-18)26-11-4-2)13-22-14-17-6-5-9-21(17,15-22)20(23)24/h7-8,12,17H,3-6,9-11,13-15H2,1-2H3,(H,23,24)/t17-,21+/m0/s1. The van der Waals surface area contributed by atoms with Gasteiger partial charge in [-0.05, 0) is 37.7 Å². The number of benzene rings is 1. The maximum absolute atomic E-state index is 11.9. The second kappa shape index (κ2) is 8.30. The molecule has 2 fully saturated rings. The molecule has 0 aromatic heterocycles. The van der Waals surface area contributed by atoms with Crippen LogP contribution in [0.1, 0.15) is 51.5 Å². The van der Waals surface area contributed by atoms with Gasteiger partial charge in [-0.2, -0.15) is 0 Å². The number of nitrogens with zero attached hydrogens (tertiary/aromatic N) is 1. The van der Waals surface area contributed by atoms with Crippen LogP contribution < -0.4 is 9.47 Å². The third kappa shape index (κ3) is 3.83. The molecule has 1 saturated carbocycles. The van der Waals surface area contributed by atoms with Crippen LogP contribution in [-0.2, 0) is 11.3 Å². The maximum atomic E-state index is 11.9. The summed E-state index contributed by atoms with van der Waals surface area (Å²) in [5, 5.41) is 9.78. The molecule has 3 rings (SSSR count). The van der Waals surface area contributed by atoms with Crippen LogP contribution in [0.2, 0.25) is 0 Å². The molecule has 5 heteroatoms. The Hall–Kier alpha value is -1.75. The second-order valence-corrected chi connectivity index (χ2v) is 7.69. The third-order valence-electron chi connectivity index (χ3n) is 5.73. The fraction of sp³-hybridized carbons (Fsp3) is 0.667. The van der Waals surface area contributed by atoms with Gasteiger partial charge in [0.1, 0.15) is 11.5 Å². The van der Waals surface area contributed by atoms with E-state index in [-0.39, 0.29) is 5.92 Å². The van der Waals surface area contributed by atoms with Crippen molar-refractivity contribution in [3.05, 3.63) is 23.8 Å². The molecule has 1 aromatic rings. The Balaban J connectivity index is 1.73. The smallest absolute Gasteiger partial charge is 0.311 e. The van der Waals surface area contributed by atoms with Gasteiger partial charge in [0.25, 0.3) is 0 Å². The van der Waals surface area contributed by atoms with E-state index in [0.29, 0.717) is 19.8 Å². The van der Waals surface area contributed by atoms with Crippen LogP contribution in [0.15, 0.2) is 18.2 Å². The summed E-state index contributed by atoms with van der Waals surface area (Å²) in [4.78, 5) is 14.2. The first-order valence-electron chi connectivity index (χ1n) is 9.93. The maximum Gasteiger partial charge on any atom is 0.311 e. The predicted octanol–water partition coefficient (Wildman–Crippen LogP) is 3.95. The summed E-state index contributed by atoms with van der Waals surface area (Å²) in [6, 6.07) is 6.04. The van der Waals surface area contributed by atoms with Crippen molar-refractivity contribution in [2.24, 2.45) is 11.3 Å². The minimum Gasteiger partial charge on any atom is -0.493 e. The van der Waals surface area contributed by atoms with Crippen LogP contribution in [0, 0.1) is 11.3 Å². The number of carbonyl (C=O) groups is 1. The quantitative estimate of drug-likeness (QED) is 0.722. The Morgan fingerprint density at radius 1 is 1.27 bits per heavy atom. The van der Waals surface area contributed by atoms with Gasteiger partial charge in [-0.15, -0.1) is 0 Å². The molecule has 2 atom stereocenters. The highest BCUT2D eigenvalue weighted by Gasteiger charge is 2.54. The monoisotopic (exact) mass is 361 g/mol. The minimum absolute atomic E-state index is 0.284. The SMILES string of the molecule is CCCOc1ccc(CN2C[C@@H]3CCC[C@@]3(C(=O)O)C2)c(OCCC)c1. The Morgan fingerprint density at radius 3 is 2.73 bits per heavy atom. The molecule has 1 aromatic carbocycles. The van der Waals surface area contributed by atoms with Crippen LogP contribution in [0.3, 0.4) is 0 Å². The summed E-state index contributed by atoms with van der Waals surface area (Å²) >= 11 is 0. The topological polar surface area (TPSA) is 59.0 Å². The van der Waals surface area contributed by atoms with E-state index in [1.807, 2.05) is 12.1 Å².